The summed E-state index contributed by atoms with van der Waals surface area (Å²) in [6.07, 6.45) is 1.60. The van der Waals surface area contributed by atoms with E-state index in [2.05, 4.69) is 20.9 Å². The summed E-state index contributed by atoms with van der Waals surface area (Å²) in [5.74, 6) is -0.0589. The lowest BCUT2D eigenvalue weighted by atomic mass is 10.2. The molecule has 0 amide bonds. The van der Waals surface area contributed by atoms with Gasteiger partial charge < -0.3 is 5.73 Å². The van der Waals surface area contributed by atoms with Crippen molar-refractivity contribution in [1.29, 1.82) is 5.41 Å². The van der Waals surface area contributed by atoms with Gasteiger partial charge in [-0.15, -0.1) is 0 Å². The fourth-order valence-electron chi connectivity index (χ4n) is 1.34. The minimum absolute atomic E-state index is 0.0589. The molecule has 0 saturated heterocycles. The van der Waals surface area contributed by atoms with Gasteiger partial charge in [-0.2, -0.15) is 0 Å². The Morgan fingerprint density at radius 1 is 1.33 bits per heavy atom. The van der Waals surface area contributed by atoms with Crippen LogP contribution in [0.4, 0.5) is 0 Å². The number of pyridine rings is 1. The number of rotatable bonds is 3. The van der Waals surface area contributed by atoms with Crippen LogP contribution < -0.4 is 5.73 Å². The van der Waals surface area contributed by atoms with Gasteiger partial charge in [0.05, 0.1) is 5.02 Å². The molecule has 0 atom stereocenters. The molecule has 92 valence electrons. The first kappa shape index (κ1) is 13.4. The van der Waals surface area contributed by atoms with E-state index in [1.807, 2.05) is 24.3 Å². The number of nitrogens with zero attached hydrogens (tertiary/aromatic N) is 1. The molecule has 1 aromatic carbocycles. The van der Waals surface area contributed by atoms with E-state index in [9.17, 15) is 0 Å². The van der Waals surface area contributed by atoms with Gasteiger partial charge in [0.15, 0.2) is 0 Å². The zero-order valence-electron chi connectivity index (χ0n) is 9.15. The normalized spacial score (nSPS) is 10.3. The largest absolute Gasteiger partial charge is 0.384 e. The van der Waals surface area contributed by atoms with Crippen molar-refractivity contribution in [3.05, 3.63) is 51.6 Å². The Morgan fingerprint density at radius 3 is 2.72 bits per heavy atom. The fraction of sp³-hybridized carbons (Fsp3) is 0. The minimum atomic E-state index is -0.0589. The number of nitrogen functional groups attached to an aromatic ring is 1. The van der Waals surface area contributed by atoms with Gasteiger partial charge in [0.2, 0.25) is 0 Å². The number of nitrogens with two attached hydrogens (primary N) is 1. The number of hydrogen-bond donors (Lipinski definition) is 2. The van der Waals surface area contributed by atoms with Crippen molar-refractivity contribution in [2.75, 3.05) is 0 Å². The number of aromatic nitrogens is 1. The third kappa shape index (κ3) is 2.85. The Balaban J connectivity index is 2.39. The molecule has 0 radical (unpaired) electrons. The number of benzene rings is 1. The molecule has 0 unspecified atom stereocenters. The molecule has 3 nitrogen and oxygen atoms in total. The highest BCUT2D eigenvalue weighted by Gasteiger charge is 2.12. The van der Waals surface area contributed by atoms with Crippen LogP contribution in [-0.2, 0) is 0 Å². The zero-order chi connectivity index (χ0) is 13.1. The second-order valence-electron chi connectivity index (χ2n) is 3.42. The standard InChI is InChI=1S/C12H9BrClN3S/c13-8-3-1-2-4-9(8)18-12-10(14)7(11(15)16)5-6-17-12/h1-6H,(H3,15,16). The maximum absolute atomic E-state index is 7.44. The SMILES string of the molecule is N=C(N)c1ccnc(Sc2ccccc2Br)c1Cl. The van der Waals surface area contributed by atoms with E-state index in [1.54, 1.807) is 12.3 Å². The quantitative estimate of drug-likeness (QED) is 0.656. The smallest absolute Gasteiger partial charge is 0.124 e. The highest BCUT2D eigenvalue weighted by atomic mass is 79.9. The molecular weight excluding hydrogens is 334 g/mol. The van der Waals surface area contributed by atoms with E-state index < -0.39 is 0 Å². The molecule has 0 aliphatic rings. The lowest BCUT2D eigenvalue weighted by molar-refractivity contribution is 1.12. The van der Waals surface area contributed by atoms with Crippen molar-refractivity contribution in [1.82, 2.24) is 4.98 Å². The van der Waals surface area contributed by atoms with Crippen LogP contribution in [0.25, 0.3) is 0 Å². The van der Waals surface area contributed by atoms with Crippen molar-refractivity contribution in [3.8, 4) is 0 Å². The van der Waals surface area contributed by atoms with Crippen molar-refractivity contribution in [3.63, 3.8) is 0 Å². The van der Waals surface area contributed by atoms with Gasteiger partial charge in [0.1, 0.15) is 10.9 Å². The maximum atomic E-state index is 7.44. The summed E-state index contributed by atoms with van der Waals surface area (Å²) in [6, 6.07) is 9.43. The number of nitrogens with one attached hydrogen (secondary N) is 1. The molecular formula is C12H9BrClN3S. The molecule has 0 fully saturated rings. The summed E-state index contributed by atoms with van der Waals surface area (Å²) in [5.41, 5.74) is 5.96. The van der Waals surface area contributed by atoms with Gasteiger partial charge in [0, 0.05) is 21.1 Å². The van der Waals surface area contributed by atoms with Crippen molar-refractivity contribution in [2.45, 2.75) is 9.92 Å². The van der Waals surface area contributed by atoms with Gasteiger partial charge in [-0.3, -0.25) is 5.41 Å². The third-order valence-corrected chi connectivity index (χ3v) is 4.72. The average Bonchev–Trinajstić information content (AvgIpc) is 2.34. The number of hydrogen-bond acceptors (Lipinski definition) is 3. The molecule has 1 heterocycles. The van der Waals surface area contributed by atoms with Crippen LogP contribution in [0.2, 0.25) is 5.02 Å². The lowest BCUT2D eigenvalue weighted by Crippen LogP contribution is -2.12. The highest BCUT2D eigenvalue weighted by Crippen LogP contribution is 2.36. The topological polar surface area (TPSA) is 62.8 Å². The van der Waals surface area contributed by atoms with Gasteiger partial charge in [0.25, 0.3) is 0 Å². The van der Waals surface area contributed by atoms with E-state index in [0.717, 1.165) is 9.37 Å². The average molecular weight is 343 g/mol. The van der Waals surface area contributed by atoms with Crippen molar-refractivity contribution >= 4 is 45.1 Å². The molecule has 0 spiro atoms. The first-order valence-electron chi connectivity index (χ1n) is 5.01. The Kier molecular flexibility index (Phi) is 4.27. The van der Waals surface area contributed by atoms with Crippen molar-refractivity contribution < 1.29 is 0 Å². The second-order valence-corrected chi connectivity index (χ2v) is 5.69. The molecule has 0 aliphatic heterocycles. The van der Waals surface area contributed by atoms with E-state index in [0.29, 0.717) is 15.6 Å². The second kappa shape index (κ2) is 5.73. The van der Waals surface area contributed by atoms with Gasteiger partial charge in [-0.1, -0.05) is 35.5 Å². The van der Waals surface area contributed by atoms with Crippen LogP contribution in [0.1, 0.15) is 5.56 Å². The predicted molar refractivity (Wildman–Crippen MR) is 78.5 cm³/mol. The van der Waals surface area contributed by atoms with Gasteiger partial charge >= 0.3 is 0 Å². The molecule has 1 aromatic heterocycles. The van der Waals surface area contributed by atoms with Crippen LogP contribution in [0, 0.1) is 5.41 Å². The summed E-state index contributed by atoms with van der Waals surface area (Å²) in [6.45, 7) is 0. The molecule has 2 aromatic rings. The molecule has 0 saturated carbocycles. The molecule has 0 aliphatic carbocycles. The van der Waals surface area contributed by atoms with Crippen molar-refractivity contribution in [2.24, 2.45) is 5.73 Å². The summed E-state index contributed by atoms with van der Waals surface area (Å²) in [7, 11) is 0. The molecule has 18 heavy (non-hydrogen) atoms. The first-order chi connectivity index (χ1) is 8.59. The van der Waals surface area contributed by atoms with Crippen LogP contribution in [0.15, 0.2) is 50.9 Å². The van der Waals surface area contributed by atoms with E-state index in [1.165, 1.54) is 11.8 Å². The zero-order valence-corrected chi connectivity index (χ0v) is 12.3. The Hall–Kier alpha value is -1.04. The molecule has 2 rings (SSSR count). The Labute approximate surface area is 122 Å². The predicted octanol–water partition coefficient (Wildman–Crippen LogP) is 3.93. The number of halogens is 2. The van der Waals surface area contributed by atoms with E-state index >= 15 is 0 Å². The van der Waals surface area contributed by atoms with Crippen LogP contribution in [0.5, 0.6) is 0 Å². The lowest BCUT2D eigenvalue weighted by Gasteiger charge is -2.08. The summed E-state index contributed by atoms with van der Waals surface area (Å²) >= 11 is 11.1. The Morgan fingerprint density at radius 2 is 2.06 bits per heavy atom. The van der Waals surface area contributed by atoms with Crippen LogP contribution in [-0.4, -0.2) is 10.8 Å². The summed E-state index contributed by atoms with van der Waals surface area (Å²) in [4.78, 5) is 5.22. The number of amidine groups is 1. The van der Waals surface area contributed by atoms with Gasteiger partial charge in [-0.05, 0) is 34.1 Å². The van der Waals surface area contributed by atoms with E-state index in [4.69, 9.17) is 22.7 Å². The molecule has 6 heteroatoms. The molecule has 0 bridgehead atoms. The van der Waals surface area contributed by atoms with E-state index in [-0.39, 0.29) is 5.84 Å². The maximum Gasteiger partial charge on any atom is 0.124 e. The third-order valence-electron chi connectivity index (χ3n) is 2.19. The molecule has 3 N–H and O–H groups in total. The van der Waals surface area contributed by atoms with Crippen LogP contribution >= 0.6 is 39.3 Å². The minimum Gasteiger partial charge on any atom is -0.384 e. The van der Waals surface area contributed by atoms with Crippen LogP contribution in [0.3, 0.4) is 0 Å². The summed E-state index contributed by atoms with van der Waals surface area (Å²) in [5, 5.41) is 8.49. The summed E-state index contributed by atoms with van der Waals surface area (Å²) < 4.78 is 0.973. The first-order valence-corrected chi connectivity index (χ1v) is 6.99. The monoisotopic (exact) mass is 341 g/mol. The van der Waals surface area contributed by atoms with Gasteiger partial charge in [-0.25, -0.2) is 4.98 Å². The highest BCUT2D eigenvalue weighted by molar-refractivity contribution is 9.10. The Bertz CT molecular complexity index is 604. The fourth-order valence-corrected chi connectivity index (χ4v) is 3.03.